The molecule has 0 amide bonds. The molecule has 20 heavy (non-hydrogen) atoms. The molecule has 0 bridgehead atoms. The van der Waals surface area contributed by atoms with Crippen LogP contribution in [0.3, 0.4) is 0 Å². The predicted octanol–water partition coefficient (Wildman–Crippen LogP) is 2.95. The largest absolute Gasteiger partial charge is 0.494 e. The van der Waals surface area contributed by atoms with Crippen molar-refractivity contribution < 1.29 is 9.47 Å². The summed E-state index contributed by atoms with van der Waals surface area (Å²) in [6, 6.07) is 11.6. The Morgan fingerprint density at radius 1 is 1.10 bits per heavy atom. The second-order valence-electron chi connectivity index (χ2n) is 4.44. The van der Waals surface area contributed by atoms with Crippen molar-refractivity contribution in [1.29, 1.82) is 0 Å². The van der Waals surface area contributed by atoms with E-state index < -0.39 is 0 Å². The number of para-hydroxylation sites is 1. The first-order chi connectivity index (χ1) is 9.79. The second-order valence-corrected chi connectivity index (χ2v) is 4.44. The van der Waals surface area contributed by atoms with Crippen molar-refractivity contribution in [3.8, 4) is 11.5 Å². The van der Waals surface area contributed by atoms with Crippen molar-refractivity contribution in [2.45, 2.75) is 19.4 Å². The van der Waals surface area contributed by atoms with Gasteiger partial charge >= 0.3 is 0 Å². The summed E-state index contributed by atoms with van der Waals surface area (Å²) in [6.07, 6.45) is 4.20. The third-order valence-electron chi connectivity index (χ3n) is 2.91. The maximum atomic E-state index is 6.15. The predicted molar refractivity (Wildman–Crippen MR) is 78.9 cm³/mol. The van der Waals surface area contributed by atoms with Crippen LogP contribution < -0.4 is 15.2 Å². The number of benzene rings is 1. The summed E-state index contributed by atoms with van der Waals surface area (Å²) in [4.78, 5) is 4.14. The number of pyridine rings is 1. The van der Waals surface area contributed by atoms with Gasteiger partial charge in [0.2, 0.25) is 0 Å². The Balaban J connectivity index is 1.85. The maximum Gasteiger partial charge on any atom is 0.137 e. The molecule has 0 aliphatic rings. The van der Waals surface area contributed by atoms with Gasteiger partial charge < -0.3 is 15.2 Å². The van der Waals surface area contributed by atoms with Crippen molar-refractivity contribution in [1.82, 2.24) is 4.98 Å². The van der Waals surface area contributed by atoms with Gasteiger partial charge in [0.25, 0.3) is 0 Å². The lowest BCUT2D eigenvalue weighted by atomic mass is 10.1. The molecule has 0 saturated carbocycles. The lowest BCUT2D eigenvalue weighted by Crippen LogP contribution is -2.14. The molecule has 0 saturated heterocycles. The second kappa shape index (κ2) is 7.50. The van der Waals surface area contributed by atoms with Gasteiger partial charge in [0.1, 0.15) is 11.5 Å². The van der Waals surface area contributed by atoms with Gasteiger partial charge in [0.15, 0.2) is 0 Å². The van der Waals surface area contributed by atoms with Crippen LogP contribution in [0.1, 0.15) is 24.9 Å². The van der Waals surface area contributed by atoms with E-state index in [0.717, 1.165) is 23.5 Å². The van der Waals surface area contributed by atoms with Crippen molar-refractivity contribution in [2.24, 2.45) is 5.73 Å². The van der Waals surface area contributed by atoms with Gasteiger partial charge in [-0.25, -0.2) is 0 Å². The lowest BCUT2D eigenvalue weighted by molar-refractivity contribution is 0.298. The van der Waals surface area contributed by atoms with Gasteiger partial charge in [-0.1, -0.05) is 18.2 Å². The first kappa shape index (κ1) is 14.3. The number of aromatic nitrogens is 1. The van der Waals surface area contributed by atoms with E-state index in [0.29, 0.717) is 13.2 Å². The minimum absolute atomic E-state index is 0.105. The Labute approximate surface area is 119 Å². The van der Waals surface area contributed by atoms with Gasteiger partial charge in [0, 0.05) is 18.7 Å². The van der Waals surface area contributed by atoms with Crippen LogP contribution in [-0.4, -0.2) is 18.2 Å². The van der Waals surface area contributed by atoms with Crippen molar-refractivity contribution in [3.63, 3.8) is 0 Å². The Kier molecular flexibility index (Phi) is 5.38. The smallest absolute Gasteiger partial charge is 0.137 e. The Morgan fingerprint density at radius 3 is 2.65 bits per heavy atom. The van der Waals surface area contributed by atoms with Gasteiger partial charge in [-0.2, -0.15) is 0 Å². The molecule has 2 rings (SSSR count). The lowest BCUT2D eigenvalue weighted by Gasteiger charge is -2.13. The van der Waals surface area contributed by atoms with Gasteiger partial charge in [-0.05, 0) is 30.7 Å². The standard InChI is InChI=1S/C16H20N2O2/c1-2-19-15-10-13(11-18-12-15)16(17)8-9-20-14-6-4-3-5-7-14/h3-7,10-12,16H,2,8-9,17H2,1H3. The van der Waals surface area contributed by atoms with Gasteiger partial charge in [-0.15, -0.1) is 0 Å². The van der Waals surface area contributed by atoms with Crippen LogP contribution in [0.4, 0.5) is 0 Å². The fourth-order valence-electron chi connectivity index (χ4n) is 1.87. The molecule has 1 atom stereocenters. The average molecular weight is 272 g/mol. The fraction of sp³-hybridized carbons (Fsp3) is 0.312. The van der Waals surface area contributed by atoms with E-state index in [2.05, 4.69) is 4.98 Å². The van der Waals surface area contributed by atoms with E-state index in [9.17, 15) is 0 Å². The molecule has 4 heteroatoms. The van der Waals surface area contributed by atoms with E-state index >= 15 is 0 Å². The number of ether oxygens (including phenoxy) is 2. The molecule has 0 fully saturated rings. The zero-order valence-corrected chi connectivity index (χ0v) is 11.7. The van der Waals surface area contributed by atoms with E-state index in [1.54, 1.807) is 12.4 Å². The third-order valence-corrected chi connectivity index (χ3v) is 2.91. The Hall–Kier alpha value is -2.07. The molecule has 0 spiro atoms. The zero-order chi connectivity index (χ0) is 14.2. The summed E-state index contributed by atoms with van der Waals surface area (Å²) >= 11 is 0. The third kappa shape index (κ3) is 4.24. The summed E-state index contributed by atoms with van der Waals surface area (Å²) < 4.78 is 11.1. The number of rotatable bonds is 7. The van der Waals surface area contributed by atoms with Crippen molar-refractivity contribution >= 4 is 0 Å². The molecule has 0 aliphatic carbocycles. The highest BCUT2D eigenvalue weighted by Gasteiger charge is 2.08. The molecule has 4 nitrogen and oxygen atoms in total. The van der Waals surface area contributed by atoms with Crippen molar-refractivity contribution in [3.05, 3.63) is 54.4 Å². The topological polar surface area (TPSA) is 57.4 Å². The van der Waals surface area contributed by atoms with E-state index in [4.69, 9.17) is 15.2 Å². The van der Waals surface area contributed by atoms with E-state index in [-0.39, 0.29) is 6.04 Å². The number of hydrogen-bond donors (Lipinski definition) is 1. The monoisotopic (exact) mass is 272 g/mol. The highest BCUT2D eigenvalue weighted by Crippen LogP contribution is 2.19. The van der Waals surface area contributed by atoms with Crippen LogP contribution in [0.2, 0.25) is 0 Å². The summed E-state index contributed by atoms with van der Waals surface area (Å²) in [5.74, 6) is 1.62. The van der Waals surface area contributed by atoms with Crippen LogP contribution in [0.25, 0.3) is 0 Å². The summed E-state index contributed by atoms with van der Waals surface area (Å²) in [5, 5.41) is 0. The van der Waals surface area contributed by atoms with Gasteiger partial charge in [-0.3, -0.25) is 4.98 Å². The summed E-state index contributed by atoms with van der Waals surface area (Å²) in [7, 11) is 0. The highest BCUT2D eigenvalue weighted by atomic mass is 16.5. The minimum atomic E-state index is -0.105. The van der Waals surface area contributed by atoms with Crippen LogP contribution in [0, 0.1) is 0 Å². The maximum absolute atomic E-state index is 6.15. The molecule has 1 aromatic heterocycles. The molecule has 0 aliphatic heterocycles. The zero-order valence-electron chi connectivity index (χ0n) is 11.7. The highest BCUT2D eigenvalue weighted by molar-refractivity contribution is 5.26. The molecule has 0 radical (unpaired) electrons. The molecule has 1 heterocycles. The summed E-state index contributed by atoms with van der Waals surface area (Å²) in [6.45, 7) is 3.14. The molecule has 2 N–H and O–H groups in total. The van der Waals surface area contributed by atoms with E-state index in [1.807, 2.05) is 43.3 Å². The SMILES string of the molecule is CCOc1cncc(C(N)CCOc2ccccc2)c1. The van der Waals surface area contributed by atoms with Gasteiger partial charge in [0.05, 0.1) is 19.4 Å². The molecule has 2 aromatic rings. The molecule has 1 aromatic carbocycles. The number of nitrogens with zero attached hydrogens (tertiary/aromatic N) is 1. The van der Waals surface area contributed by atoms with Crippen LogP contribution in [0.15, 0.2) is 48.8 Å². The average Bonchev–Trinajstić information content (AvgIpc) is 2.49. The van der Waals surface area contributed by atoms with Crippen LogP contribution >= 0.6 is 0 Å². The molecule has 1 unspecified atom stereocenters. The molecular formula is C16H20N2O2. The quantitative estimate of drug-likeness (QED) is 0.842. The van der Waals surface area contributed by atoms with Crippen LogP contribution in [-0.2, 0) is 0 Å². The van der Waals surface area contributed by atoms with E-state index in [1.165, 1.54) is 0 Å². The molecular weight excluding hydrogens is 252 g/mol. The normalized spacial score (nSPS) is 11.9. The number of nitrogens with two attached hydrogens (primary N) is 1. The minimum Gasteiger partial charge on any atom is -0.494 e. The molecule has 106 valence electrons. The number of hydrogen-bond acceptors (Lipinski definition) is 4. The first-order valence-electron chi connectivity index (χ1n) is 6.80. The fourth-order valence-corrected chi connectivity index (χ4v) is 1.87. The summed E-state index contributed by atoms with van der Waals surface area (Å²) in [5.41, 5.74) is 7.11. The Bertz CT molecular complexity index is 517. The van der Waals surface area contributed by atoms with Crippen molar-refractivity contribution in [2.75, 3.05) is 13.2 Å². The Morgan fingerprint density at radius 2 is 1.90 bits per heavy atom. The first-order valence-corrected chi connectivity index (χ1v) is 6.80. The van der Waals surface area contributed by atoms with Crippen LogP contribution in [0.5, 0.6) is 11.5 Å².